The van der Waals surface area contributed by atoms with Gasteiger partial charge in [0.1, 0.15) is 12.4 Å². The summed E-state index contributed by atoms with van der Waals surface area (Å²) in [6.45, 7) is 2.41. The van der Waals surface area contributed by atoms with Crippen molar-refractivity contribution in [2.45, 2.75) is 26.4 Å². The summed E-state index contributed by atoms with van der Waals surface area (Å²) in [7, 11) is 0. The lowest BCUT2D eigenvalue weighted by molar-refractivity contribution is 0.0696. The number of hydrogen-bond acceptors (Lipinski definition) is 2. The lowest BCUT2D eigenvalue weighted by atomic mass is 9.96. The first-order valence-corrected chi connectivity index (χ1v) is 9.74. The van der Waals surface area contributed by atoms with E-state index in [1.165, 1.54) is 0 Å². The van der Waals surface area contributed by atoms with E-state index in [0.717, 1.165) is 17.5 Å². The van der Waals surface area contributed by atoms with Crippen LogP contribution in [0.25, 0.3) is 0 Å². The lowest BCUT2D eigenvalue weighted by Gasteiger charge is -2.15. The SMILES string of the molecule is CCc1ccc(C(=O)O)c(Cc2c(Cl)ccc(OCc3ccccc3)c2Cl)c1. The highest BCUT2D eigenvalue weighted by atomic mass is 35.5. The molecule has 3 aromatic rings. The molecule has 3 aromatic carbocycles. The van der Waals surface area contributed by atoms with Crippen molar-refractivity contribution in [3.8, 4) is 5.75 Å². The minimum absolute atomic E-state index is 0.250. The Morgan fingerprint density at radius 1 is 1.00 bits per heavy atom. The molecule has 1 N–H and O–H groups in total. The first kappa shape index (κ1) is 20.2. The van der Waals surface area contributed by atoms with Crippen LogP contribution in [0.15, 0.2) is 60.7 Å². The Hall–Kier alpha value is -2.49. The minimum atomic E-state index is -0.971. The summed E-state index contributed by atoms with van der Waals surface area (Å²) < 4.78 is 5.87. The number of aromatic carboxylic acids is 1. The van der Waals surface area contributed by atoms with E-state index in [2.05, 4.69) is 0 Å². The second-order valence-corrected chi connectivity index (χ2v) is 7.22. The molecule has 0 aliphatic heterocycles. The maximum Gasteiger partial charge on any atom is 0.335 e. The van der Waals surface area contributed by atoms with E-state index in [9.17, 15) is 9.90 Å². The Balaban J connectivity index is 1.91. The van der Waals surface area contributed by atoms with E-state index in [0.29, 0.717) is 39.9 Å². The van der Waals surface area contributed by atoms with Gasteiger partial charge in [-0.25, -0.2) is 4.79 Å². The highest BCUT2D eigenvalue weighted by Crippen LogP contribution is 2.36. The van der Waals surface area contributed by atoms with Gasteiger partial charge in [-0.15, -0.1) is 0 Å². The molecule has 28 heavy (non-hydrogen) atoms. The molecule has 0 amide bonds. The predicted octanol–water partition coefficient (Wildman–Crippen LogP) is 6.42. The van der Waals surface area contributed by atoms with Crippen molar-refractivity contribution >= 4 is 29.2 Å². The van der Waals surface area contributed by atoms with Gasteiger partial charge in [0.15, 0.2) is 0 Å². The number of carboxylic acid groups (broad SMARTS) is 1. The molecule has 0 aromatic heterocycles. The van der Waals surface area contributed by atoms with E-state index in [1.54, 1.807) is 18.2 Å². The van der Waals surface area contributed by atoms with Gasteiger partial charge in [0.25, 0.3) is 0 Å². The largest absolute Gasteiger partial charge is 0.487 e. The lowest BCUT2D eigenvalue weighted by Crippen LogP contribution is -2.05. The van der Waals surface area contributed by atoms with E-state index in [-0.39, 0.29) is 5.56 Å². The number of halogens is 2. The Kier molecular flexibility index (Phi) is 6.61. The summed E-state index contributed by atoms with van der Waals surface area (Å²) in [6.07, 6.45) is 1.13. The fourth-order valence-corrected chi connectivity index (χ4v) is 3.56. The third-order valence-electron chi connectivity index (χ3n) is 4.56. The molecule has 0 atom stereocenters. The summed E-state index contributed by atoms with van der Waals surface area (Å²) in [5.74, 6) is -0.449. The van der Waals surface area contributed by atoms with Crippen LogP contribution in [0, 0.1) is 0 Å². The van der Waals surface area contributed by atoms with Crippen molar-refractivity contribution in [1.29, 1.82) is 0 Å². The molecule has 0 heterocycles. The maximum atomic E-state index is 11.6. The van der Waals surface area contributed by atoms with Crippen molar-refractivity contribution in [3.05, 3.63) is 98.5 Å². The van der Waals surface area contributed by atoms with Gasteiger partial charge in [0.05, 0.1) is 10.6 Å². The molecule has 0 spiro atoms. The van der Waals surface area contributed by atoms with Crippen molar-refractivity contribution in [2.75, 3.05) is 0 Å². The van der Waals surface area contributed by atoms with Crippen LogP contribution in [0.1, 0.15) is 39.5 Å². The molecule has 0 aliphatic rings. The van der Waals surface area contributed by atoms with Crippen molar-refractivity contribution < 1.29 is 14.6 Å². The fourth-order valence-electron chi connectivity index (χ4n) is 3.00. The molecule has 5 heteroatoms. The average molecular weight is 415 g/mol. The Morgan fingerprint density at radius 2 is 1.75 bits per heavy atom. The van der Waals surface area contributed by atoms with Crippen LogP contribution < -0.4 is 4.74 Å². The molecule has 144 valence electrons. The molecular weight excluding hydrogens is 395 g/mol. The average Bonchev–Trinajstić information content (AvgIpc) is 2.71. The fraction of sp³-hybridized carbons (Fsp3) is 0.174. The van der Waals surface area contributed by atoms with E-state index in [1.807, 2.05) is 49.4 Å². The summed E-state index contributed by atoms with van der Waals surface area (Å²) >= 11 is 13.0. The first-order valence-electron chi connectivity index (χ1n) is 8.98. The predicted molar refractivity (Wildman–Crippen MR) is 113 cm³/mol. The Morgan fingerprint density at radius 3 is 2.43 bits per heavy atom. The zero-order chi connectivity index (χ0) is 20.1. The maximum absolute atomic E-state index is 11.6. The Bertz CT molecular complexity index is 985. The van der Waals surface area contributed by atoms with Crippen molar-refractivity contribution in [3.63, 3.8) is 0 Å². The molecular formula is C23H20Cl2O3. The van der Waals surface area contributed by atoms with Crippen LogP contribution in [0.4, 0.5) is 0 Å². The number of rotatable bonds is 7. The van der Waals surface area contributed by atoms with Crippen LogP contribution in [0.5, 0.6) is 5.75 Å². The van der Waals surface area contributed by atoms with Crippen LogP contribution in [0.3, 0.4) is 0 Å². The molecule has 0 bridgehead atoms. The number of carboxylic acids is 1. The standard InChI is InChI=1S/C23H20Cl2O3/c1-2-15-8-9-18(23(26)27)17(12-15)13-19-20(24)10-11-21(22(19)25)28-14-16-6-4-3-5-7-16/h3-12H,2,13-14H2,1H3,(H,26,27). The van der Waals surface area contributed by atoms with Gasteiger partial charge in [-0.2, -0.15) is 0 Å². The highest BCUT2D eigenvalue weighted by Gasteiger charge is 2.17. The zero-order valence-corrected chi connectivity index (χ0v) is 16.9. The number of carbonyl (C=O) groups is 1. The van der Waals surface area contributed by atoms with Crippen LogP contribution in [0.2, 0.25) is 10.0 Å². The molecule has 0 fully saturated rings. The van der Waals surface area contributed by atoms with Crippen LogP contribution in [-0.4, -0.2) is 11.1 Å². The number of benzene rings is 3. The summed E-state index contributed by atoms with van der Waals surface area (Å²) in [5.41, 5.74) is 3.67. The highest BCUT2D eigenvalue weighted by molar-refractivity contribution is 6.37. The summed E-state index contributed by atoms with van der Waals surface area (Å²) in [4.78, 5) is 11.6. The molecule has 0 saturated carbocycles. The van der Waals surface area contributed by atoms with Gasteiger partial charge in [0.2, 0.25) is 0 Å². The number of hydrogen-bond donors (Lipinski definition) is 1. The van der Waals surface area contributed by atoms with E-state index >= 15 is 0 Å². The number of aryl methyl sites for hydroxylation is 1. The third kappa shape index (κ3) is 4.67. The minimum Gasteiger partial charge on any atom is -0.487 e. The topological polar surface area (TPSA) is 46.5 Å². The molecule has 0 radical (unpaired) electrons. The van der Waals surface area contributed by atoms with Gasteiger partial charge in [-0.05, 0) is 46.9 Å². The van der Waals surface area contributed by atoms with Gasteiger partial charge < -0.3 is 9.84 Å². The summed E-state index contributed by atoms with van der Waals surface area (Å²) in [5, 5.41) is 10.4. The molecule has 3 rings (SSSR count). The van der Waals surface area contributed by atoms with Gasteiger partial charge >= 0.3 is 5.97 Å². The van der Waals surface area contributed by atoms with Gasteiger partial charge in [0, 0.05) is 11.4 Å². The van der Waals surface area contributed by atoms with Crippen molar-refractivity contribution in [1.82, 2.24) is 0 Å². The molecule has 0 aliphatic carbocycles. The molecule has 0 unspecified atom stereocenters. The first-order chi connectivity index (χ1) is 13.5. The monoisotopic (exact) mass is 414 g/mol. The van der Waals surface area contributed by atoms with Gasteiger partial charge in [-0.1, -0.05) is 72.6 Å². The third-order valence-corrected chi connectivity index (χ3v) is 5.33. The van der Waals surface area contributed by atoms with E-state index in [4.69, 9.17) is 27.9 Å². The number of ether oxygens (including phenoxy) is 1. The molecule has 3 nitrogen and oxygen atoms in total. The zero-order valence-electron chi connectivity index (χ0n) is 15.4. The van der Waals surface area contributed by atoms with Gasteiger partial charge in [-0.3, -0.25) is 0 Å². The van der Waals surface area contributed by atoms with Crippen LogP contribution in [-0.2, 0) is 19.4 Å². The smallest absolute Gasteiger partial charge is 0.335 e. The normalized spacial score (nSPS) is 10.7. The Labute approximate surface area is 174 Å². The quantitative estimate of drug-likeness (QED) is 0.484. The molecule has 0 saturated heterocycles. The summed E-state index contributed by atoms with van der Waals surface area (Å²) in [6, 6.07) is 18.6. The van der Waals surface area contributed by atoms with Crippen LogP contribution >= 0.6 is 23.2 Å². The van der Waals surface area contributed by atoms with E-state index < -0.39 is 5.97 Å². The van der Waals surface area contributed by atoms with Crippen molar-refractivity contribution in [2.24, 2.45) is 0 Å². The second kappa shape index (κ2) is 9.13. The second-order valence-electron chi connectivity index (χ2n) is 6.44.